The van der Waals surface area contributed by atoms with Crippen LogP contribution < -0.4 is 0 Å². The van der Waals surface area contributed by atoms with Crippen LogP contribution >= 0.6 is 0 Å². The molecule has 0 aliphatic heterocycles. The smallest absolute Gasteiger partial charge is 0.240 e. The van der Waals surface area contributed by atoms with Gasteiger partial charge in [-0.2, -0.15) is 9.97 Å². The van der Waals surface area contributed by atoms with Crippen LogP contribution in [-0.2, 0) is 0 Å². The second-order valence-electron chi connectivity index (χ2n) is 12.8. The number of aromatic nitrogens is 6. The topological polar surface area (TPSA) is 60.9 Å². The number of para-hydroxylation sites is 2. The van der Waals surface area contributed by atoms with Gasteiger partial charge in [-0.05, 0) is 51.2 Å². The molecule has 0 amide bonds. The first-order chi connectivity index (χ1) is 24.8. The normalized spacial score (nSPS) is 12.0. The van der Waals surface area contributed by atoms with E-state index in [4.69, 9.17) is 19.9 Å². The van der Waals surface area contributed by atoms with Gasteiger partial charge in [-0.25, -0.2) is 9.97 Å². The summed E-state index contributed by atoms with van der Waals surface area (Å²) in [5, 5.41) is 9.09. The van der Waals surface area contributed by atoms with Crippen LogP contribution in [0, 0.1) is 0 Å². The zero-order valence-corrected chi connectivity index (χ0v) is 26.7. The second-order valence-corrected chi connectivity index (χ2v) is 12.8. The van der Waals surface area contributed by atoms with Crippen molar-refractivity contribution in [3.63, 3.8) is 0 Å². The van der Waals surface area contributed by atoms with Crippen molar-refractivity contribution in [3.05, 3.63) is 158 Å². The van der Waals surface area contributed by atoms with Gasteiger partial charge in [0, 0.05) is 27.3 Å². The highest BCUT2D eigenvalue weighted by atomic mass is 15.2. The van der Waals surface area contributed by atoms with E-state index in [1.165, 1.54) is 16.2 Å². The van der Waals surface area contributed by atoms with Crippen LogP contribution in [-0.4, -0.2) is 28.9 Å². The molecule has 0 radical (unpaired) electrons. The lowest BCUT2D eigenvalue weighted by atomic mass is 10.1. The van der Waals surface area contributed by atoms with E-state index < -0.39 is 0 Å². The highest BCUT2D eigenvalue weighted by Crippen LogP contribution is 2.38. The minimum atomic E-state index is 0.538. The van der Waals surface area contributed by atoms with Crippen LogP contribution in [0.4, 0.5) is 0 Å². The van der Waals surface area contributed by atoms with Crippen LogP contribution in [0.25, 0.3) is 99.7 Å². The zero-order chi connectivity index (χ0) is 32.8. The van der Waals surface area contributed by atoms with Crippen LogP contribution in [0.5, 0.6) is 0 Å². The van der Waals surface area contributed by atoms with Gasteiger partial charge in [0.15, 0.2) is 17.3 Å². The highest BCUT2D eigenvalue weighted by molar-refractivity contribution is 6.16. The average molecular weight is 639 g/mol. The number of imidazole rings is 1. The summed E-state index contributed by atoms with van der Waals surface area (Å²) >= 11 is 0. The number of benzene rings is 7. The molecule has 0 spiro atoms. The van der Waals surface area contributed by atoms with Crippen molar-refractivity contribution in [2.75, 3.05) is 0 Å². The Morgan fingerprint density at radius 2 is 0.900 bits per heavy atom. The molecule has 0 fully saturated rings. The van der Waals surface area contributed by atoms with Crippen LogP contribution in [0.3, 0.4) is 0 Å². The summed E-state index contributed by atoms with van der Waals surface area (Å²) in [6.07, 6.45) is 0. The molecule has 4 aromatic heterocycles. The maximum absolute atomic E-state index is 5.37. The summed E-state index contributed by atoms with van der Waals surface area (Å²) in [6, 6.07) is 55.0. The summed E-state index contributed by atoms with van der Waals surface area (Å²) in [6.45, 7) is 0. The van der Waals surface area contributed by atoms with Crippen molar-refractivity contribution in [2.24, 2.45) is 0 Å². The number of pyridine rings is 1. The molecule has 232 valence electrons. The first-order valence-electron chi connectivity index (χ1n) is 16.7. The fraction of sp³-hybridized carbons (Fsp3) is 0. The van der Waals surface area contributed by atoms with Gasteiger partial charge in [0.05, 0.1) is 11.0 Å². The first-order valence-corrected chi connectivity index (χ1v) is 16.7. The van der Waals surface area contributed by atoms with Gasteiger partial charge in [0.1, 0.15) is 11.2 Å². The molecule has 0 bridgehead atoms. The lowest BCUT2D eigenvalue weighted by molar-refractivity contribution is 0.942. The monoisotopic (exact) mass is 638 g/mol. The van der Waals surface area contributed by atoms with E-state index in [0.29, 0.717) is 17.6 Å². The van der Waals surface area contributed by atoms with E-state index in [0.717, 1.165) is 65.9 Å². The maximum atomic E-state index is 5.37. The Kier molecular flexibility index (Phi) is 5.57. The van der Waals surface area contributed by atoms with Gasteiger partial charge < -0.3 is 0 Å². The van der Waals surface area contributed by atoms with E-state index >= 15 is 0 Å². The lowest BCUT2D eigenvalue weighted by Gasteiger charge is -2.13. The Balaban J connectivity index is 1.28. The quantitative estimate of drug-likeness (QED) is 0.181. The van der Waals surface area contributed by atoms with Gasteiger partial charge >= 0.3 is 0 Å². The van der Waals surface area contributed by atoms with Crippen molar-refractivity contribution in [1.29, 1.82) is 0 Å². The molecular formula is C44H26N6. The number of rotatable bonds is 3. The van der Waals surface area contributed by atoms with Gasteiger partial charge in [-0.3, -0.25) is 8.97 Å². The molecule has 0 saturated carbocycles. The average Bonchev–Trinajstić information content (AvgIpc) is 3.73. The third-order valence-electron chi connectivity index (χ3n) is 9.91. The second kappa shape index (κ2) is 10.3. The number of hydrogen-bond acceptors (Lipinski definition) is 4. The van der Waals surface area contributed by atoms with Crippen LogP contribution in [0.15, 0.2) is 158 Å². The van der Waals surface area contributed by atoms with Crippen molar-refractivity contribution in [2.45, 2.75) is 0 Å². The Bertz CT molecular complexity index is 3070. The van der Waals surface area contributed by atoms with Gasteiger partial charge in [-0.1, -0.05) is 133 Å². The highest BCUT2D eigenvalue weighted by Gasteiger charge is 2.24. The number of fused-ring (bicyclic) bond motifs is 12. The van der Waals surface area contributed by atoms with E-state index in [9.17, 15) is 0 Å². The fourth-order valence-electron chi connectivity index (χ4n) is 7.58. The van der Waals surface area contributed by atoms with Gasteiger partial charge in [-0.15, -0.1) is 0 Å². The summed E-state index contributed by atoms with van der Waals surface area (Å²) < 4.78 is 4.45. The Labute approximate surface area is 285 Å². The van der Waals surface area contributed by atoms with Crippen LogP contribution in [0.2, 0.25) is 0 Å². The summed E-state index contributed by atoms with van der Waals surface area (Å²) in [5.74, 6) is 1.76. The third kappa shape index (κ3) is 3.90. The molecule has 4 heterocycles. The van der Waals surface area contributed by atoms with E-state index in [1.54, 1.807) is 0 Å². The number of hydrogen-bond donors (Lipinski definition) is 0. The van der Waals surface area contributed by atoms with Gasteiger partial charge in [0.25, 0.3) is 0 Å². The molecule has 6 heteroatoms. The molecule has 0 saturated heterocycles. The minimum Gasteiger partial charge on any atom is -0.277 e. The minimum absolute atomic E-state index is 0.538. The molecule has 50 heavy (non-hydrogen) atoms. The largest absolute Gasteiger partial charge is 0.277 e. The molecule has 11 rings (SSSR count). The zero-order valence-electron chi connectivity index (χ0n) is 26.7. The third-order valence-corrected chi connectivity index (χ3v) is 9.91. The predicted octanol–water partition coefficient (Wildman–Crippen LogP) is 10.6. The number of nitrogens with zero attached hydrogens (tertiary/aromatic N) is 6. The maximum Gasteiger partial charge on any atom is 0.240 e. The molecule has 0 aliphatic carbocycles. The lowest BCUT2D eigenvalue weighted by Crippen LogP contribution is -2.08. The summed E-state index contributed by atoms with van der Waals surface area (Å²) in [4.78, 5) is 21.0. The molecule has 0 unspecified atom stereocenters. The molecule has 6 nitrogen and oxygen atoms in total. The molecular weight excluding hydrogens is 613 g/mol. The van der Waals surface area contributed by atoms with E-state index in [2.05, 4.69) is 167 Å². The molecule has 0 atom stereocenters. The first kappa shape index (κ1) is 27.1. The molecule has 7 aromatic carbocycles. The fourth-order valence-corrected chi connectivity index (χ4v) is 7.58. The summed E-state index contributed by atoms with van der Waals surface area (Å²) in [7, 11) is 0. The van der Waals surface area contributed by atoms with E-state index in [-0.39, 0.29) is 0 Å². The van der Waals surface area contributed by atoms with Gasteiger partial charge in [0.2, 0.25) is 5.95 Å². The Morgan fingerprint density at radius 1 is 0.380 bits per heavy atom. The summed E-state index contributed by atoms with van der Waals surface area (Å²) in [5.41, 5.74) is 6.64. The van der Waals surface area contributed by atoms with E-state index in [1.807, 2.05) is 0 Å². The molecule has 0 aliphatic rings. The Hall–Kier alpha value is -6.92. The van der Waals surface area contributed by atoms with Crippen molar-refractivity contribution < 1.29 is 0 Å². The predicted molar refractivity (Wildman–Crippen MR) is 204 cm³/mol. The standard InChI is InChI=1S/C44H26N6/c1-3-13-29-25-31(23-21-27(29)11-1)40-46-41(32-24-22-28-12-2-4-14-30(28)26-32)48-44(47-40)50-38-20-10-8-18-36(38)39-43(50)49-37-19-9-7-16-34(37)33-15-5-6-17-35(33)42(49)45-39/h1-26H. The Morgan fingerprint density at radius 3 is 1.56 bits per heavy atom. The van der Waals surface area contributed by atoms with Crippen molar-refractivity contribution >= 4 is 70.9 Å². The van der Waals surface area contributed by atoms with Crippen molar-refractivity contribution in [3.8, 4) is 28.7 Å². The molecule has 11 aromatic rings. The molecule has 0 N–H and O–H groups in total. The van der Waals surface area contributed by atoms with Crippen LogP contribution in [0.1, 0.15) is 0 Å². The SMILES string of the molecule is c1ccc2cc(-c3nc(-c4ccc5ccccc5c4)nc(-n4c5ccccc5c5nc6c7ccccc7c7ccccc7n6c54)n3)ccc2c1. The van der Waals surface area contributed by atoms with Crippen molar-refractivity contribution in [1.82, 2.24) is 28.9 Å².